The van der Waals surface area contributed by atoms with Crippen molar-refractivity contribution in [2.45, 2.75) is 6.92 Å². The molecule has 0 heterocycles. The summed E-state index contributed by atoms with van der Waals surface area (Å²) in [5, 5.41) is 3.90. The van der Waals surface area contributed by atoms with Crippen molar-refractivity contribution in [3.63, 3.8) is 0 Å². The average molecular weight is 271 g/mol. The molecule has 2 rings (SSSR count). The molecule has 0 radical (unpaired) electrons. The molecule has 2 aromatic carbocycles. The molecule has 1 amide bonds. The summed E-state index contributed by atoms with van der Waals surface area (Å²) in [4.78, 5) is 11.8. The van der Waals surface area contributed by atoms with Gasteiger partial charge >= 0.3 is 0 Å². The zero-order chi connectivity index (χ0) is 14.5. The van der Waals surface area contributed by atoms with Crippen molar-refractivity contribution in [3.8, 4) is 0 Å². The summed E-state index contributed by atoms with van der Waals surface area (Å²) in [6, 6.07) is 12.7. The molecule has 5 heteroatoms. The van der Waals surface area contributed by atoms with Crippen LogP contribution in [-0.4, -0.2) is 11.6 Å². The minimum absolute atomic E-state index is 0.352. The summed E-state index contributed by atoms with van der Waals surface area (Å²) >= 11 is 0. The van der Waals surface area contributed by atoms with Crippen LogP contribution in [0.4, 0.5) is 10.1 Å². The molecule has 0 saturated carbocycles. The van der Waals surface area contributed by atoms with Gasteiger partial charge in [0.1, 0.15) is 5.82 Å². The number of amides is 1. The molecule has 0 spiro atoms. The van der Waals surface area contributed by atoms with E-state index in [2.05, 4.69) is 10.5 Å². The van der Waals surface area contributed by atoms with Crippen LogP contribution in [0, 0.1) is 5.82 Å². The first-order valence-electron chi connectivity index (χ1n) is 6.03. The lowest BCUT2D eigenvalue weighted by molar-refractivity contribution is 0.0955. The first-order chi connectivity index (χ1) is 9.58. The summed E-state index contributed by atoms with van der Waals surface area (Å²) in [7, 11) is 0. The van der Waals surface area contributed by atoms with Crippen LogP contribution in [0.3, 0.4) is 0 Å². The lowest BCUT2D eigenvalue weighted by Crippen LogP contribution is -2.19. The molecule has 0 fully saturated rings. The second kappa shape index (κ2) is 5.97. The Kier molecular flexibility index (Phi) is 4.10. The molecule has 3 N–H and O–H groups in total. The summed E-state index contributed by atoms with van der Waals surface area (Å²) in [5.74, 6) is -0.754. The number of nitrogens with two attached hydrogens (primary N) is 1. The summed E-state index contributed by atoms with van der Waals surface area (Å²) in [5.41, 5.74) is 9.68. The van der Waals surface area contributed by atoms with Crippen molar-refractivity contribution in [3.05, 3.63) is 65.5 Å². The van der Waals surface area contributed by atoms with E-state index in [0.29, 0.717) is 22.5 Å². The highest BCUT2D eigenvalue weighted by atomic mass is 19.1. The zero-order valence-electron chi connectivity index (χ0n) is 10.9. The Bertz CT molecular complexity index is 650. The number of hydrazone groups is 1. The van der Waals surface area contributed by atoms with E-state index in [0.717, 1.165) is 0 Å². The number of carbonyl (C=O) groups is 1. The number of nitrogen functional groups attached to an aromatic ring is 1. The minimum Gasteiger partial charge on any atom is -0.399 e. The summed E-state index contributed by atoms with van der Waals surface area (Å²) in [6.45, 7) is 1.63. The number of hydrogen-bond donors (Lipinski definition) is 2. The summed E-state index contributed by atoms with van der Waals surface area (Å²) < 4.78 is 13.5. The maximum atomic E-state index is 13.5. The highest BCUT2D eigenvalue weighted by Gasteiger charge is 2.06. The first kappa shape index (κ1) is 13.7. The Hall–Kier alpha value is -2.69. The highest BCUT2D eigenvalue weighted by molar-refractivity contribution is 6.01. The van der Waals surface area contributed by atoms with Crippen molar-refractivity contribution < 1.29 is 9.18 Å². The van der Waals surface area contributed by atoms with Crippen molar-refractivity contribution in [1.82, 2.24) is 5.43 Å². The molecule has 20 heavy (non-hydrogen) atoms. The third kappa shape index (κ3) is 3.20. The molecule has 2 aromatic rings. The van der Waals surface area contributed by atoms with Gasteiger partial charge < -0.3 is 5.73 Å². The molecule has 0 aliphatic rings. The molecular formula is C15H14FN3O. The maximum Gasteiger partial charge on any atom is 0.271 e. The Morgan fingerprint density at radius 2 is 1.80 bits per heavy atom. The third-order valence-corrected chi connectivity index (χ3v) is 2.76. The number of hydrogen-bond acceptors (Lipinski definition) is 3. The number of anilines is 1. The van der Waals surface area contributed by atoms with E-state index in [9.17, 15) is 9.18 Å². The van der Waals surface area contributed by atoms with Crippen LogP contribution in [0.25, 0.3) is 0 Å². The van der Waals surface area contributed by atoms with Crippen LogP contribution >= 0.6 is 0 Å². The van der Waals surface area contributed by atoms with Crippen LogP contribution in [0.5, 0.6) is 0 Å². The van der Waals surface area contributed by atoms with Crippen molar-refractivity contribution in [2.75, 3.05) is 5.73 Å². The van der Waals surface area contributed by atoms with Crippen molar-refractivity contribution >= 4 is 17.3 Å². The van der Waals surface area contributed by atoms with Gasteiger partial charge in [-0.1, -0.05) is 18.2 Å². The molecule has 0 aliphatic heterocycles. The number of benzene rings is 2. The zero-order valence-corrected chi connectivity index (χ0v) is 10.9. The molecule has 0 saturated heterocycles. The standard InChI is InChI=1S/C15H14FN3O/c1-10(13-4-2-3-5-14(13)16)18-19-15(20)11-6-8-12(17)9-7-11/h2-9H,17H2,1H3,(H,19,20)/b18-10-. The number of halogens is 1. The fourth-order valence-electron chi connectivity index (χ4n) is 1.65. The number of nitrogens with zero attached hydrogens (tertiary/aromatic N) is 1. The van der Waals surface area contributed by atoms with Crippen LogP contribution in [-0.2, 0) is 0 Å². The highest BCUT2D eigenvalue weighted by Crippen LogP contribution is 2.08. The van der Waals surface area contributed by atoms with Gasteiger partial charge in [0.2, 0.25) is 0 Å². The van der Waals surface area contributed by atoms with E-state index >= 15 is 0 Å². The van der Waals surface area contributed by atoms with Crippen LogP contribution < -0.4 is 11.2 Å². The maximum absolute atomic E-state index is 13.5. The van der Waals surface area contributed by atoms with Gasteiger partial charge in [0, 0.05) is 16.8 Å². The Labute approximate surface area is 116 Å². The molecule has 102 valence electrons. The molecule has 0 bridgehead atoms. The largest absolute Gasteiger partial charge is 0.399 e. The first-order valence-corrected chi connectivity index (χ1v) is 6.03. The molecule has 4 nitrogen and oxygen atoms in total. The SMILES string of the molecule is C/C(=N/NC(=O)c1ccc(N)cc1)c1ccccc1F. The third-order valence-electron chi connectivity index (χ3n) is 2.76. The van der Waals surface area contributed by atoms with Crippen LogP contribution in [0.2, 0.25) is 0 Å². The number of carbonyl (C=O) groups excluding carboxylic acids is 1. The summed E-state index contributed by atoms with van der Waals surface area (Å²) in [6.07, 6.45) is 0. The average Bonchev–Trinajstić information content (AvgIpc) is 2.45. The molecule has 0 unspecified atom stereocenters. The van der Waals surface area contributed by atoms with Gasteiger partial charge in [-0.3, -0.25) is 4.79 Å². The predicted octanol–water partition coefficient (Wildman–Crippen LogP) is 2.56. The Morgan fingerprint density at radius 1 is 1.15 bits per heavy atom. The minimum atomic E-state index is -0.379. The molecular weight excluding hydrogens is 257 g/mol. The van der Waals surface area contributed by atoms with E-state index in [-0.39, 0.29) is 11.7 Å². The van der Waals surface area contributed by atoms with Crippen LogP contribution in [0.15, 0.2) is 53.6 Å². The van der Waals surface area contributed by atoms with Gasteiger partial charge in [-0.15, -0.1) is 0 Å². The lowest BCUT2D eigenvalue weighted by atomic mass is 10.1. The van der Waals surface area contributed by atoms with Gasteiger partial charge in [0.25, 0.3) is 5.91 Å². The number of nitrogens with one attached hydrogen (secondary N) is 1. The normalized spacial score (nSPS) is 11.2. The van der Waals surface area contributed by atoms with Crippen molar-refractivity contribution in [2.24, 2.45) is 5.10 Å². The quantitative estimate of drug-likeness (QED) is 0.512. The van der Waals surface area contributed by atoms with E-state index in [1.54, 1.807) is 49.4 Å². The Morgan fingerprint density at radius 3 is 2.45 bits per heavy atom. The molecule has 0 atom stereocenters. The monoisotopic (exact) mass is 271 g/mol. The van der Waals surface area contributed by atoms with Gasteiger partial charge in [-0.25, -0.2) is 9.82 Å². The van der Waals surface area contributed by atoms with Crippen LogP contribution in [0.1, 0.15) is 22.8 Å². The predicted molar refractivity (Wildman–Crippen MR) is 76.9 cm³/mol. The molecule has 0 aromatic heterocycles. The second-order valence-corrected chi connectivity index (χ2v) is 4.24. The van der Waals surface area contributed by atoms with Gasteiger partial charge in [-0.2, -0.15) is 5.10 Å². The topological polar surface area (TPSA) is 67.5 Å². The fraction of sp³-hybridized carbons (Fsp3) is 0.0667. The smallest absolute Gasteiger partial charge is 0.271 e. The van der Waals surface area contributed by atoms with Gasteiger partial charge in [0.05, 0.1) is 5.71 Å². The fourth-order valence-corrected chi connectivity index (χ4v) is 1.65. The van der Waals surface area contributed by atoms with E-state index in [1.165, 1.54) is 6.07 Å². The second-order valence-electron chi connectivity index (χ2n) is 4.24. The number of rotatable bonds is 3. The van der Waals surface area contributed by atoms with E-state index in [4.69, 9.17) is 5.73 Å². The van der Waals surface area contributed by atoms with Gasteiger partial charge in [0.15, 0.2) is 0 Å². The molecule has 0 aliphatic carbocycles. The Balaban J connectivity index is 2.11. The van der Waals surface area contributed by atoms with Crippen molar-refractivity contribution in [1.29, 1.82) is 0 Å². The van der Waals surface area contributed by atoms with E-state index in [1.807, 2.05) is 0 Å². The lowest BCUT2D eigenvalue weighted by Gasteiger charge is -2.04. The van der Waals surface area contributed by atoms with Gasteiger partial charge in [-0.05, 0) is 37.3 Å². The van der Waals surface area contributed by atoms with E-state index < -0.39 is 0 Å².